The Kier molecular flexibility index (Phi) is 15.7. The van der Waals surface area contributed by atoms with E-state index in [1.54, 1.807) is 61.0 Å². The summed E-state index contributed by atoms with van der Waals surface area (Å²) in [6.45, 7) is 15.1. The number of likely N-dealkylation sites (tertiary alicyclic amines) is 1. The first-order chi connectivity index (χ1) is 33.2. The van der Waals surface area contributed by atoms with Gasteiger partial charge in [-0.05, 0) is 87.6 Å². The number of aromatic nitrogens is 6. The van der Waals surface area contributed by atoms with E-state index in [0.717, 1.165) is 85.2 Å². The number of aryl methyl sites for hydroxylation is 2. The number of halogens is 2. The molecule has 0 atom stereocenters. The molecule has 0 bridgehead atoms. The van der Waals surface area contributed by atoms with Crippen LogP contribution in [0.15, 0.2) is 29.0 Å². The van der Waals surface area contributed by atoms with E-state index in [1.165, 1.54) is 14.2 Å². The number of piperidine rings is 1. The maximum atomic E-state index is 14.5. The Hall–Kier alpha value is -4.63. The summed E-state index contributed by atoms with van der Waals surface area (Å²) in [4.78, 5) is 37.1. The third kappa shape index (κ3) is 12.0. The van der Waals surface area contributed by atoms with Crippen LogP contribution >= 0.6 is 38.6 Å². The van der Waals surface area contributed by atoms with Gasteiger partial charge in [-0.25, -0.2) is 51.1 Å². The van der Waals surface area contributed by atoms with Gasteiger partial charge in [0.2, 0.25) is 43.7 Å². The number of anilines is 4. The minimum atomic E-state index is -3.56. The summed E-state index contributed by atoms with van der Waals surface area (Å²) in [5.41, 5.74) is 4.88. The van der Waals surface area contributed by atoms with E-state index in [1.807, 2.05) is 6.92 Å². The molecule has 0 unspecified atom stereocenters. The lowest BCUT2D eigenvalue weighted by Gasteiger charge is -2.36. The van der Waals surface area contributed by atoms with Crippen molar-refractivity contribution in [1.82, 2.24) is 34.8 Å². The van der Waals surface area contributed by atoms with E-state index >= 15 is 0 Å². The van der Waals surface area contributed by atoms with Crippen LogP contribution in [0.5, 0.6) is 11.8 Å². The molecule has 0 spiro atoms. The van der Waals surface area contributed by atoms with Gasteiger partial charge in [-0.2, -0.15) is 0 Å². The van der Waals surface area contributed by atoms with Gasteiger partial charge in [0.1, 0.15) is 22.6 Å². The van der Waals surface area contributed by atoms with E-state index in [0.29, 0.717) is 87.0 Å². The normalized spacial score (nSPS) is 16.6. The van der Waals surface area contributed by atoms with Gasteiger partial charge in [0.25, 0.3) is 0 Å². The smallest absolute Gasteiger partial charge is 0.238 e. The Balaban J connectivity index is 0.000000196. The predicted molar refractivity (Wildman–Crippen MR) is 278 cm³/mol. The molecule has 0 amide bonds. The van der Waals surface area contributed by atoms with Crippen LogP contribution < -0.4 is 28.7 Å². The molecule has 6 aromatic heterocycles. The number of rotatable bonds is 13. The molecule has 0 radical (unpaired) electrons. The van der Waals surface area contributed by atoms with Gasteiger partial charge in [0.15, 0.2) is 0 Å². The predicted octanol–water partition coefficient (Wildman–Crippen LogP) is 7.28. The van der Waals surface area contributed by atoms with Crippen LogP contribution in [0, 0.1) is 19.8 Å². The maximum absolute atomic E-state index is 14.5. The Morgan fingerprint density at radius 3 is 1.61 bits per heavy atom. The lowest BCUT2D eigenvalue weighted by molar-refractivity contribution is 0.0603. The molecule has 0 aromatic carbocycles. The summed E-state index contributed by atoms with van der Waals surface area (Å²) in [6.07, 6.45) is 7.10. The van der Waals surface area contributed by atoms with Crippen LogP contribution in [0.1, 0.15) is 42.0 Å². The van der Waals surface area contributed by atoms with Gasteiger partial charge in [-0.1, -0.05) is 0 Å². The highest BCUT2D eigenvalue weighted by Gasteiger charge is 2.33. The van der Waals surface area contributed by atoms with Crippen molar-refractivity contribution in [2.24, 2.45) is 5.92 Å². The molecule has 25 heteroatoms. The minimum absolute atomic E-state index is 0.0724. The fraction of sp³-hybridized carbons (Fsp3) is 0.511. The van der Waals surface area contributed by atoms with Crippen molar-refractivity contribution >= 4 is 102 Å². The number of sulfonamides is 2. The Morgan fingerprint density at radius 1 is 0.729 bits per heavy atom. The number of morpholine rings is 2. The molecule has 70 heavy (non-hydrogen) atoms. The second-order valence-corrected chi connectivity index (χ2v) is 24.6. The van der Waals surface area contributed by atoms with Crippen LogP contribution in [-0.4, -0.2) is 150 Å². The summed E-state index contributed by atoms with van der Waals surface area (Å²) < 4.78 is 91.4. The zero-order chi connectivity index (χ0) is 50.1. The number of thiophene rings is 2. The largest absolute Gasteiger partial charge is 0.480 e. The van der Waals surface area contributed by atoms with Crippen LogP contribution in [0.4, 0.5) is 27.7 Å². The number of nitrogens with zero attached hydrogens (tertiary/aromatic N) is 9. The second kappa shape index (κ2) is 21.2. The van der Waals surface area contributed by atoms with Crippen molar-refractivity contribution in [3.05, 3.63) is 44.3 Å². The molecule has 3 fully saturated rings. The number of fused-ring (bicyclic) bond motifs is 2. The van der Waals surface area contributed by atoms with Crippen LogP contribution in [0.25, 0.3) is 42.9 Å². The minimum Gasteiger partial charge on any atom is -0.480 e. The van der Waals surface area contributed by atoms with Crippen LogP contribution in [0.2, 0.25) is 0 Å². The molecule has 9 rings (SSSR count). The summed E-state index contributed by atoms with van der Waals surface area (Å²) in [6, 6.07) is 3.39. The third-order valence-electron chi connectivity index (χ3n) is 12.2. The number of hydrogen-bond donors (Lipinski definition) is 2. The van der Waals surface area contributed by atoms with Gasteiger partial charge in [-0.15, -0.1) is 22.7 Å². The molecular formula is C45H57BrFN11O8S4. The van der Waals surface area contributed by atoms with E-state index in [-0.39, 0.29) is 29.1 Å². The zero-order valence-corrected chi connectivity index (χ0v) is 45.1. The molecule has 378 valence electrons. The van der Waals surface area contributed by atoms with Crippen molar-refractivity contribution in [3.8, 4) is 34.3 Å². The first kappa shape index (κ1) is 51.7. The van der Waals surface area contributed by atoms with Crippen LogP contribution in [0.3, 0.4) is 0 Å². The fourth-order valence-electron chi connectivity index (χ4n) is 8.59. The Morgan fingerprint density at radius 2 is 1.17 bits per heavy atom. The van der Waals surface area contributed by atoms with Crippen molar-refractivity contribution in [1.29, 1.82) is 0 Å². The molecule has 19 nitrogen and oxygen atoms in total. The van der Waals surface area contributed by atoms with Gasteiger partial charge in [0, 0.05) is 71.6 Å². The average molecular weight is 1110 g/mol. The van der Waals surface area contributed by atoms with Crippen molar-refractivity contribution in [3.63, 3.8) is 0 Å². The highest BCUT2D eigenvalue weighted by Crippen LogP contribution is 2.43. The first-order valence-corrected chi connectivity index (χ1v) is 28.8. The number of ether oxygens (including phenoxy) is 4. The van der Waals surface area contributed by atoms with Gasteiger partial charge < -0.3 is 28.7 Å². The number of alkyl halides is 1. The van der Waals surface area contributed by atoms with E-state index in [2.05, 4.69) is 57.0 Å². The molecule has 9 heterocycles. The molecule has 0 saturated carbocycles. The van der Waals surface area contributed by atoms with E-state index in [9.17, 15) is 21.2 Å². The monoisotopic (exact) mass is 1110 g/mol. The van der Waals surface area contributed by atoms with Crippen molar-refractivity contribution < 1.29 is 40.2 Å². The van der Waals surface area contributed by atoms with Crippen molar-refractivity contribution in [2.45, 2.75) is 52.8 Å². The summed E-state index contributed by atoms with van der Waals surface area (Å²) in [7, 11) is -4.18. The lowest BCUT2D eigenvalue weighted by Crippen LogP contribution is -2.39. The molecule has 2 N–H and O–H groups in total. The molecule has 3 aliphatic heterocycles. The summed E-state index contributed by atoms with van der Waals surface area (Å²) in [5, 5.41) is 0. The Bertz CT molecular complexity index is 3100. The van der Waals surface area contributed by atoms with Crippen molar-refractivity contribution in [2.75, 3.05) is 112 Å². The fourth-order valence-corrected chi connectivity index (χ4v) is 12.5. The Labute approximate surface area is 423 Å². The van der Waals surface area contributed by atoms with Gasteiger partial charge in [0.05, 0.1) is 83.9 Å². The zero-order valence-electron chi connectivity index (χ0n) is 40.3. The standard InChI is InChI=1S/C27H37FN6O4S2.C18H20BrN5O4S2/c1-17-20(16-33-8-6-19(7-9-33)27(2,3)28)23-24(39-17)22(30-26(31-23)34-10-12-38-13-11-34)18-14-21(32-40(5,35)36)25(37-4)29-15-18;1-10-13(19)15-16(29-10)14(21-18(22-15)24-4-6-28-7-5-24)11-8-12(23-30(3,25)26)17(27-2)20-9-11/h14-15,19,32H,6-13,16H2,1-5H3;8-9,23H,4-7H2,1-3H3. The first-order valence-electron chi connectivity index (χ1n) is 22.6. The molecule has 3 aliphatic rings. The van der Waals surface area contributed by atoms with Gasteiger partial charge in [-0.3, -0.25) is 14.3 Å². The SMILES string of the molecule is COc1ncc(-c2nc(N3CCOCC3)nc3c(Br)c(C)sc23)cc1NS(C)(=O)=O.COc1ncc(-c2nc(N3CCOCC3)nc3c(CN4CCC(C(C)(C)F)CC4)c(C)sc23)cc1NS(C)(=O)=O. The van der Waals surface area contributed by atoms with E-state index in [4.69, 9.17) is 38.9 Å². The lowest BCUT2D eigenvalue weighted by atomic mass is 9.84. The maximum Gasteiger partial charge on any atom is 0.238 e. The van der Waals surface area contributed by atoms with Gasteiger partial charge >= 0.3 is 0 Å². The van der Waals surface area contributed by atoms with Crippen LogP contribution in [-0.2, 0) is 36.1 Å². The average Bonchev–Trinajstić information content (AvgIpc) is 3.80. The third-order valence-corrected chi connectivity index (χ3v) is 16.9. The summed E-state index contributed by atoms with van der Waals surface area (Å²) in [5.74, 6) is 1.65. The molecule has 6 aromatic rings. The van der Waals surface area contributed by atoms with E-state index < -0.39 is 25.7 Å². The highest BCUT2D eigenvalue weighted by atomic mass is 79.9. The quantitative estimate of drug-likeness (QED) is 0.116. The number of methoxy groups -OCH3 is 2. The molecule has 3 saturated heterocycles. The summed E-state index contributed by atoms with van der Waals surface area (Å²) >= 11 is 6.84. The molecule has 0 aliphatic carbocycles. The second-order valence-electron chi connectivity index (χ2n) is 17.8. The molecular weight excluding hydrogens is 1050 g/mol. The highest BCUT2D eigenvalue weighted by molar-refractivity contribution is 9.10. The topological polar surface area (TPSA) is 216 Å². The number of pyridine rings is 2. The number of nitrogens with one attached hydrogen (secondary N) is 2. The number of hydrogen-bond acceptors (Lipinski definition) is 19.